The number of nitrogens with one attached hydrogen (secondary N) is 2. The molecule has 1 atom stereocenters. The minimum absolute atomic E-state index is 0.0847. The molecule has 0 aliphatic carbocycles. The van der Waals surface area contributed by atoms with Crippen molar-refractivity contribution in [3.63, 3.8) is 0 Å². The van der Waals surface area contributed by atoms with Gasteiger partial charge in [-0.1, -0.05) is 55.4 Å². The van der Waals surface area contributed by atoms with Crippen molar-refractivity contribution < 1.29 is 19.1 Å². The lowest BCUT2D eigenvalue weighted by Crippen LogP contribution is -2.31. The van der Waals surface area contributed by atoms with Crippen LogP contribution in [0.2, 0.25) is 5.02 Å². The van der Waals surface area contributed by atoms with Crippen molar-refractivity contribution in [3.8, 4) is 0 Å². The first-order valence-electron chi connectivity index (χ1n) is 11.8. The summed E-state index contributed by atoms with van der Waals surface area (Å²) in [4.78, 5) is 37.3. The third-order valence-electron chi connectivity index (χ3n) is 5.40. The van der Waals surface area contributed by atoms with E-state index in [9.17, 15) is 14.4 Å². The first kappa shape index (κ1) is 28.2. The molecule has 0 radical (unpaired) electrons. The highest BCUT2D eigenvalue weighted by Crippen LogP contribution is 2.26. The summed E-state index contributed by atoms with van der Waals surface area (Å²) in [6.07, 6.45) is 0.649. The van der Waals surface area contributed by atoms with E-state index in [1.54, 1.807) is 48.5 Å². The van der Waals surface area contributed by atoms with Crippen LogP contribution < -0.4 is 10.6 Å². The number of benzene rings is 2. The molecule has 11 heteroatoms. The first-order valence-corrected chi connectivity index (χ1v) is 13.2. The minimum Gasteiger partial charge on any atom is -0.465 e. The lowest BCUT2D eigenvalue weighted by Gasteiger charge is -2.21. The van der Waals surface area contributed by atoms with Gasteiger partial charge in [-0.3, -0.25) is 9.59 Å². The van der Waals surface area contributed by atoms with Gasteiger partial charge >= 0.3 is 5.97 Å². The zero-order chi connectivity index (χ0) is 26.9. The Hall–Kier alpha value is -3.37. The van der Waals surface area contributed by atoms with Gasteiger partial charge in [-0.2, -0.15) is 0 Å². The average molecular weight is 544 g/mol. The van der Waals surface area contributed by atoms with Gasteiger partial charge in [0.2, 0.25) is 5.91 Å². The predicted molar refractivity (Wildman–Crippen MR) is 144 cm³/mol. The summed E-state index contributed by atoms with van der Waals surface area (Å²) in [5, 5.41) is 15.4. The van der Waals surface area contributed by atoms with Crippen molar-refractivity contribution in [2.75, 3.05) is 18.2 Å². The van der Waals surface area contributed by atoms with Gasteiger partial charge in [-0.25, -0.2) is 4.79 Å². The highest BCUT2D eigenvalue weighted by Gasteiger charge is 2.25. The number of thioether (sulfide) groups is 1. The smallest absolute Gasteiger partial charge is 0.337 e. The minimum atomic E-state index is -0.480. The van der Waals surface area contributed by atoms with Crippen LogP contribution in [0.3, 0.4) is 0 Å². The van der Waals surface area contributed by atoms with E-state index in [0.29, 0.717) is 45.8 Å². The Kier molecular flexibility index (Phi) is 10.1. The van der Waals surface area contributed by atoms with Crippen molar-refractivity contribution in [1.29, 1.82) is 0 Å². The molecule has 0 saturated carbocycles. The van der Waals surface area contributed by atoms with E-state index in [2.05, 4.69) is 34.7 Å². The van der Waals surface area contributed by atoms with Gasteiger partial charge < -0.3 is 19.9 Å². The number of hydrogen-bond donors (Lipinski definition) is 2. The number of ether oxygens (including phenoxy) is 1. The van der Waals surface area contributed by atoms with Crippen LogP contribution in [0.25, 0.3) is 0 Å². The molecule has 0 spiro atoms. The number of carbonyl (C=O) groups is 3. The van der Waals surface area contributed by atoms with E-state index < -0.39 is 5.97 Å². The zero-order valence-electron chi connectivity index (χ0n) is 21.2. The van der Waals surface area contributed by atoms with Gasteiger partial charge in [-0.15, -0.1) is 10.2 Å². The van der Waals surface area contributed by atoms with Gasteiger partial charge in [0.25, 0.3) is 5.91 Å². The molecule has 2 amide bonds. The Labute approximate surface area is 225 Å². The maximum absolute atomic E-state index is 13.0. The standard InChI is InChI=1S/C26H30ClN5O4S/c1-5-32-23(21(13-16(2)3)29-24(34)19-11-6-7-12-20(19)27)30-31-26(32)37-15-22(33)28-18-10-8-9-17(14-18)25(35)36-4/h6-12,14,16,21H,5,13,15H2,1-4H3,(H,28,33)(H,29,34)/t21-/m0/s1. The summed E-state index contributed by atoms with van der Waals surface area (Å²) >= 11 is 7.46. The van der Waals surface area contributed by atoms with Gasteiger partial charge in [0.1, 0.15) is 0 Å². The van der Waals surface area contributed by atoms with E-state index >= 15 is 0 Å². The van der Waals surface area contributed by atoms with Crippen LogP contribution in [0, 0.1) is 5.92 Å². The molecule has 2 N–H and O–H groups in total. The first-order chi connectivity index (χ1) is 17.7. The number of amides is 2. The second-order valence-corrected chi connectivity index (χ2v) is 9.98. The van der Waals surface area contributed by atoms with E-state index in [1.807, 2.05) is 11.5 Å². The molecular formula is C26H30ClN5O4S. The summed E-state index contributed by atoms with van der Waals surface area (Å²) in [7, 11) is 1.30. The van der Waals surface area contributed by atoms with Gasteiger partial charge in [0.05, 0.1) is 35.1 Å². The fourth-order valence-electron chi connectivity index (χ4n) is 3.71. The second-order valence-electron chi connectivity index (χ2n) is 8.63. The summed E-state index contributed by atoms with van der Waals surface area (Å²) in [6.45, 7) is 6.65. The zero-order valence-corrected chi connectivity index (χ0v) is 22.7. The maximum atomic E-state index is 13.0. The monoisotopic (exact) mass is 543 g/mol. The summed E-state index contributed by atoms with van der Waals surface area (Å²) in [6, 6.07) is 13.0. The molecule has 1 heterocycles. The molecule has 3 rings (SSSR count). The molecule has 2 aromatic carbocycles. The molecule has 0 saturated heterocycles. The van der Waals surface area contributed by atoms with E-state index in [1.165, 1.54) is 18.9 Å². The van der Waals surface area contributed by atoms with Crippen LogP contribution >= 0.6 is 23.4 Å². The van der Waals surface area contributed by atoms with Gasteiger partial charge in [-0.05, 0) is 49.6 Å². The third-order valence-corrected chi connectivity index (χ3v) is 6.70. The third kappa shape index (κ3) is 7.56. The number of anilines is 1. The quantitative estimate of drug-likeness (QED) is 0.259. The lowest BCUT2D eigenvalue weighted by atomic mass is 10.0. The molecule has 9 nitrogen and oxygen atoms in total. The number of aromatic nitrogens is 3. The Bertz CT molecular complexity index is 1260. The molecule has 0 aliphatic heterocycles. The summed E-state index contributed by atoms with van der Waals surface area (Å²) in [5.41, 5.74) is 1.23. The molecule has 0 fully saturated rings. The number of hydrogen-bond acceptors (Lipinski definition) is 7. The SMILES string of the molecule is CCn1c(SCC(=O)Nc2cccc(C(=O)OC)c2)nnc1[C@H](CC(C)C)NC(=O)c1ccccc1Cl. The molecule has 1 aromatic heterocycles. The van der Waals surface area contributed by atoms with Crippen LogP contribution in [-0.2, 0) is 16.1 Å². The van der Waals surface area contributed by atoms with Crippen molar-refractivity contribution in [1.82, 2.24) is 20.1 Å². The molecular weight excluding hydrogens is 514 g/mol. The Morgan fingerprint density at radius 2 is 1.86 bits per heavy atom. The van der Waals surface area contributed by atoms with Gasteiger partial charge in [0, 0.05) is 12.2 Å². The summed E-state index contributed by atoms with van der Waals surface area (Å²) in [5.74, 6) is -0.0470. The van der Waals surface area contributed by atoms with Crippen molar-refractivity contribution >= 4 is 46.8 Å². The average Bonchev–Trinajstić information content (AvgIpc) is 3.29. The van der Waals surface area contributed by atoms with Crippen molar-refractivity contribution in [2.24, 2.45) is 5.92 Å². The maximum Gasteiger partial charge on any atom is 0.337 e. The Morgan fingerprint density at radius 1 is 1.11 bits per heavy atom. The molecule has 37 heavy (non-hydrogen) atoms. The predicted octanol–water partition coefficient (Wildman–Crippen LogP) is 4.99. The van der Waals surface area contributed by atoms with Crippen molar-refractivity contribution in [2.45, 2.75) is 44.9 Å². The molecule has 196 valence electrons. The fraction of sp³-hybridized carbons (Fsp3) is 0.346. The second kappa shape index (κ2) is 13.3. The number of carbonyl (C=O) groups excluding carboxylic acids is 3. The van der Waals surface area contributed by atoms with Crippen LogP contribution in [-0.4, -0.2) is 45.4 Å². The normalized spacial score (nSPS) is 11.7. The molecule has 3 aromatic rings. The van der Waals surface area contributed by atoms with E-state index in [0.717, 1.165) is 0 Å². The summed E-state index contributed by atoms with van der Waals surface area (Å²) < 4.78 is 6.62. The highest BCUT2D eigenvalue weighted by molar-refractivity contribution is 7.99. The number of esters is 1. The molecule has 0 bridgehead atoms. The van der Waals surface area contributed by atoms with Gasteiger partial charge in [0.15, 0.2) is 11.0 Å². The van der Waals surface area contributed by atoms with E-state index in [4.69, 9.17) is 16.3 Å². The van der Waals surface area contributed by atoms with Crippen molar-refractivity contribution in [3.05, 3.63) is 70.5 Å². The topological polar surface area (TPSA) is 115 Å². The Balaban J connectivity index is 1.72. The largest absolute Gasteiger partial charge is 0.465 e. The molecule has 0 unspecified atom stereocenters. The lowest BCUT2D eigenvalue weighted by molar-refractivity contribution is -0.113. The van der Waals surface area contributed by atoms with Crippen LogP contribution in [0.4, 0.5) is 5.69 Å². The van der Waals surface area contributed by atoms with E-state index in [-0.39, 0.29) is 29.5 Å². The number of nitrogens with zero attached hydrogens (tertiary/aromatic N) is 3. The highest BCUT2D eigenvalue weighted by atomic mass is 35.5. The number of rotatable bonds is 11. The molecule has 0 aliphatic rings. The van der Waals surface area contributed by atoms with Crippen LogP contribution in [0.15, 0.2) is 53.7 Å². The fourth-order valence-corrected chi connectivity index (χ4v) is 4.74. The number of halogens is 1. The van der Waals surface area contributed by atoms with Crippen LogP contribution in [0.5, 0.6) is 0 Å². The Morgan fingerprint density at radius 3 is 2.54 bits per heavy atom. The van der Waals surface area contributed by atoms with Crippen LogP contribution in [0.1, 0.15) is 59.8 Å². The number of methoxy groups -OCH3 is 1.